The molecule has 7 heteroatoms. The molecular weight excluding hydrogens is 284 g/mol. The molecule has 0 aliphatic carbocycles. The van der Waals surface area contributed by atoms with E-state index in [9.17, 15) is 9.59 Å². The van der Waals surface area contributed by atoms with Crippen molar-refractivity contribution in [1.29, 1.82) is 0 Å². The highest BCUT2D eigenvalue weighted by atomic mass is 16.7. The van der Waals surface area contributed by atoms with Crippen LogP contribution < -0.4 is 0 Å². The quantitative estimate of drug-likeness (QED) is 0.817. The molecule has 1 fully saturated rings. The van der Waals surface area contributed by atoms with Gasteiger partial charge in [-0.2, -0.15) is 5.10 Å². The average molecular weight is 306 g/mol. The molecule has 3 rings (SSSR count). The van der Waals surface area contributed by atoms with Gasteiger partial charge in [-0.25, -0.2) is 5.06 Å². The van der Waals surface area contributed by atoms with Crippen LogP contribution in [0.4, 0.5) is 0 Å². The lowest BCUT2D eigenvalue weighted by molar-refractivity contribution is -0.201. The standard InChI is InChI=1S/C15H22N4O3/c1-11(2)14(20)17-9-12-5-6-16-19(12)13(10-17)15(21)18-7-3-4-8-22-18/h5-6,11,13H,3-4,7-10H2,1-2H3/t13-/m1/s1. The number of nitrogens with zero attached hydrogens (tertiary/aromatic N) is 4. The number of aromatic nitrogens is 2. The normalized spacial score (nSPS) is 21.9. The topological polar surface area (TPSA) is 67.7 Å². The van der Waals surface area contributed by atoms with Crippen molar-refractivity contribution < 1.29 is 14.4 Å². The molecule has 22 heavy (non-hydrogen) atoms. The number of fused-ring (bicyclic) bond motifs is 1. The molecule has 1 aromatic rings. The molecule has 0 aromatic carbocycles. The maximum atomic E-state index is 12.8. The van der Waals surface area contributed by atoms with Crippen molar-refractivity contribution in [1.82, 2.24) is 19.7 Å². The third kappa shape index (κ3) is 2.72. The van der Waals surface area contributed by atoms with Crippen LogP contribution in [0.1, 0.15) is 38.4 Å². The monoisotopic (exact) mass is 306 g/mol. The maximum Gasteiger partial charge on any atom is 0.272 e. The Kier molecular flexibility index (Phi) is 4.15. The van der Waals surface area contributed by atoms with Crippen molar-refractivity contribution in [2.75, 3.05) is 19.7 Å². The number of amides is 2. The Morgan fingerprint density at radius 3 is 2.86 bits per heavy atom. The number of rotatable bonds is 2. The first-order valence-corrected chi connectivity index (χ1v) is 7.83. The smallest absolute Gasteiger partial charge is 0.272 e. The van der Waals surface area contributed by atoms with Crippen LogP contribution in [0, 0.1) is 5.92 Å². The summed E-state index contributed by atoms with van der Waals surface area (Å²) in [6.07, 6.45) is 3.59. The second-order valence-electron chi connectivity index (χ2n) is 6.14. The molecule has 0 unspecified atom stereocenters. The fourth-order valence-corrected chi connectivity index (χ4v) is 2.95. The zero-order chi connectivity index (χ0) is 15.7. The van der Waals surface area contributed by atoms with Crippen LogP contribution in [0.3, 0.4) is 0 Å². The van der Waals surface area contributed by atoms with E-state index in [4.69, 9.17) is 4.84 Å². The van der Waals surface area contributed by atoms with E-state index in [-0.39, 0.29) is 17.7 Å². The van der Waals surface area contributed by atoms with Gasteiger partial charge in [-0.3, -0.25) is 19.1 Å². The van der Waals surface area contributed by atoms with E-state index in [1.165, 1.54) is 5.06 Å². The van der Waals surface area contributed by atoms with Gasteiger partial charge in [0, 0.05) is 18.7 Å². The molecule has 0 saturated carbocycles. The minimum atomic E-state index is -0.500. The predicted octanol–water partition coefficient (Wildman–Crippen LogP) is 0.976. The molecular formula is C15H22N4O3. The molecule has 0 bridgehead atoms. The maximum absolute atomic E-state index is 12.8. The molecule has 0 spiro atoms. The molecule has 1 atom stereocenters. The van der Waals surface area contributed by atoms with Crippen LogP contribution in [0.15, 0.2) is 12.3 Å². The van der Waals surface area contributed by atoms with E-state index in [1.807, 2.05) is 19.9 Å². The molecule has 2 aliphatic rings. The first-order chi connectivity index (χ1) is 10.6. The lowest BCUT2D eigenvalue weighted by Gasteiger charge is -2.36. The summed E-state index contributed by atoms with van der Waals surface area (Å²) >= 11 is 0. The largest absolute Gasteiger partial charge is 0.334 e. The van der Waals surface area contributed by atoms with E-state index in [0.717, 1.165) is 18.5 Å². The minimum absolute atomic E-state index is 0.0600. The third-order valence-corrected chi connectivity index (χ3v) is 4.13. The summed E-state index contributed by atoms with van der Waals surface area (Å²) in [5.74, 6) is -0.146. The van der Waals surface area contributed by atoms with Gasteiger partial charge in [0.2, 0.25) is 5.91 Å². The molecule has 0 radical (unpaired) electrons. The van der Waals surface area contributed by atoms with Crippen LogP contribution in [0.25, 0.3) is 0 Å². The van der Waals surface area contributed by atoms with Gasteiger partial charge >= 0.3 is 0 Å². The van der Waals surface area contributed by atoms with Gasteiger partial charge in [-0.1, -0.05) is 13.8 Å². The van der Waals surface area contributed by atoms with E-state index in [0.29, 0.717) is 26.2 Å². The lowest BCUT2D eigenvalue weighted by Crippen LogP contribution is -2.49. The van der Waals surface area contributed by atoms with Crippen molar-refractivity contribution in [3.8, 4) is 0 Å². The van der Waals surface area contributed by atoms with E-state index in [1.54, 1.807) is 15.8 Å². The van der Waals surface area contributed by atoms with Crippen molar-refractivity contribution in [3.63, 3.8) is 0 Å². The fraction of sp³-hybridized carbons (Fsp3) is 0.667. The molecule has 7 nitrogen and oxygen atoms in total. The fourth-order valence-electron chi connectivity index (χ4n) is 2.95. The molecule has 1 saturated heterocycles. The molecule has 0 N–H and O–H groups in total. The zero-order valence-electron chi connectivity index (χ0n) is 13.1. The van der Waals surface area contributed by atoms with E-state index >= 15 is 0 Å². The molecule has 2 aliphatic heterocycles. The number of hydrogen-bond acceptors (Lipinski definition) is 4. The summed E-state index contributed by atoms with van der Waals surface area (Å²) in [6, 6.07) is 1.36. The summed E-state index contributed by atoms with van der Waals surface area (Å²) in [7, 11) is 0. The van der Waals surface area contributed by atoms with Crippen molar-refractivity contribution in [3.05, 3.63) is 18.0 Å². The van der Waals surface area contributed by atoms with Crippen LogP contribution in [0.2, 0.25) is 0 Å². The highest BCUT2D eigenvalue weighted by Crippen LogP contribution is 2.24. The summed E-state index contributed by atoms with van der Waals surface area (Å²) in [5.41, 5.74) is 0.885. The van der Waals surface area contributed by atoms with Gasteiger partial charge in [0.1, 0.15) is 0 Å². The number of hydroxylamine groups is 2. The summed E-state index contributed by atoms with van der Waals surface area (Å²) < 4.78 is 1.73. The van der Waals surface area contributed by atoms with Gasteiger partial charge in [-0.05, 0) is 18.9 Å². The zero-order valence-corrected chi connectivity index (χ0v) is 13.1. The van der Waals surface area contributed by atoms with Crippen LogP contribution in [0.5, 0.6) is 0 Å². The Bertz CT molecular complexity index is 563. The molecule has 1 aromatic heterocycles. The second-order valence-corrected chi connectivity index (χ2v) is 6.14. The number of hydrogen-bond donors (Lipinski definition) is 0. The summed E-state index contributed by atoms with van der Waals surface area (Å²) in [6.45, 7) is 5.77. The Morgan fingerprint density at radius 2 is 2.18 bits per heavy atom. The number of carbonyl (C=O) groups is 2. The Hall–Kier alpha value is -1.89. The van der Waals surface area contributed by atoms with Crippen LogP contribution in [-0.4, -0.2) is 51.3 Å². The Morgan fingerprint density at radius 1 is 1.36 bits per heavy atom. The van der Waals surface area contributed by atoms with E-state index < -0.39 is 6.04 Å². The van der Waals surface area contributed by atoms with Gasteiger partial charge < -0.3 is 4.90 Å². The first-order valence-electron chi connectivity index (χ1n) is 7.83. The molecule has 2 amide bonds. The highest BCUT2D eigenvalue weighted by Gasteiger charge is 2.36. The Labute approximate surface area is 129 Å². The van der Waals surface area contributed by atoms with Gasteiger partial charge in [0.15, 0.2) is 6.04 Å². The third-order valence-electron chi connectivity index (χ3n) is 4.13. The van der Waals surface area contributed by atoms with Crippen molar-refractivity contribution >= 4 is 11.8 Å². The first kappa shape index (κ1) is 15.0. The molecule has 120 valence electrons. The van der Waals surface area contributed by atoms with Crippen molar-refractivity contribution in [2.24, 2.45) is 5.92 Å². The number of carbonyl (C=O) groups excluding carboxylic acids is 2. The van der Waals surface area contributed by atoms with Crippen LogP contribution >= 0.6 is 0 Å². The van der Waals surface area contributed by atoms with Gasteiger partial charge in [-0.15, -0.1) is 0 Å². The second kappa shape index (κ2) is 6.08. The Balaban J connectivity index is 1.83. The molecule has 3 heterocycles. The minimum Gasteiger partial charge on any atom is -0.334 e. The average Bonchev–Trinajstić information content (AvgIpc) is 3.01. The highest BCUT2D eigenvalue weighted by molar-refractivity contribution is 5.83. The van der Waals surface area contributed by atoms with E-state index in [2.05, 4.69) is 5.10 Å². The van der Waals surface area contributed by atoms with Gasteiger partial charge in [0.05, 0.1) is 25.4 Å². The SMILES string of the molecule is CC(C)C(=O)N1Cc2ccnn2[C@@H](C(=O)N2CCCCO2)C1. The van der Waals surface area contributed by atoms with Gasteiger partial charge in [0.25, 0.3) is 5.91 Å². The summed E-state index contributed by atoms with van der Waals surface area (Å²) in [5, 5.41) is 5.70. The van der Waals surface area contributed by atoms with Crippen LogP contribution in [-0.2, 0) is 21.0 Å². The predicted molar refractivity (Wildman–Crippen MR) is 78.4 cm³/mol. The van der Waals surface area contributed by atoms with Crippen molar-refractivity contribution in [2.45, 2.75) is 39.3 Å². The summed E-state index contributed by atoms with van der Waals surface area (Å²) in [4.78, 5) is 32.3. The lowest BCUT2D eigenvalue weighted by atomic mass is 10.1.